The first-order valence-electron chi connectivity index (χ1n) is 8.36. The molecule has 27 heavy (non-hydrogen) atoms. The van der Waals surface area contributed by atoms with Crippen molar-refractivity contribution in [1.82, 2.24) is 0 Å². The molecule has 135 valence electrons. The molecule has 1 aromatic heterocycles. The van der Waals surface area contributed by atoms with Gasteiger partial charge in [0.25, 0.3) is 0 Å². The molecule has 1 atom stereocenters. The van der Waals surface area contributed by atoms with Crippen LogP contribution in [-0.4, -0.2) is 5.71 Å². The Balaban J connectivity index is 0.000000205. The summed E-state index contributed by atoms with van der Waals surface area (Å²) in [4.78, 5) is 4.27. The summed E-state index contributed by atoms with van der Waals surface area (Å²) in [7, 11) is 0. The van der Waals surface area contributed by atoms with Crippen molar-refractivity contribution in [3.63, 3.8) is 0 Å². The van der Waals surface area contributed by atoms with Crippen molar-refractivity contribution in [1.29, 1.82) is 0 Å². The first-order chi connectivity index (χ1) is 12.1. The minimum absolute atomic E-state index is 0. The third-order valence-corrected chi connectivity index (χ3v) is 5.53. The molecular formula is C22H18Cl2NOZr. The van der Waals surface area contributed by atoms with Gasteiger partial charge in [-0.25, -0.2) is 0 Å². The van der Waals surface area contributed by atoms with Crippen LogP contribution in [-0.2, 0) is 24.7 Å². The standard InChI is InChI=1S/C14H11O.C8H7N.2ClH.Zr/c1-10-6-9-14(15-10)13-8-7-11-4-2-3-5-12(11)13;1-6-5-7-3-2-4-8(7)9-6;;;/h2-7,9,13H,1H3;2-5H,1H3;2*1H;/q;;;;+2/p-2. The first kappa shape index (κ1) is 21.9. The van der Waals surface area contributed by atoms with E-state index in [1.54, 1.807) is 0 Å². The smallest absolute Gasteiger partial charge is 1.00 e. The number of benzene rings is 1. The summed E-state index contributed by atoms with van der Waals surface area (Å²) in [6.45, 7) is 4.01. The normalized spacial score (nSPS) is 18.0. The van der Waals surface area contributed by atoms with Crippen molar-refractivity contribution < 1.29 is 54.0 Å². The van der Waals surface area contributed by atoms with E-state index >= 15 is 0 Å². The van der Waals surface area contributed by atoms with Gasteiger partial charge in [-0.1, -0.05) is 12.2 Å². The van der Waals surface area contributed by atoms with E-state index < -0.39 is 0 Å². The van der Waals surface area contributed by atoms with Crippen molar-refractivity contribution in [3.8, 4) is 0 Å². The monoisotopic (exact) mass is 472 g/mol. The Hall–Kier alpha value is -1.41. The predicted molar refractivity (Wildman–Crippen MR) is 98.1 cm³/mol. The number of aryl methyl sites for hydroxylation is 1. The average Bonchev–Trinajstić information content (AvgIpc) is 3.31. The molecule has 1 aliphatic heterocycles. The molecule has 0 amide bonds. The van der Waals surface area contributed by atoms with Gasteiger partial charge in [-0.3, -0.25) is 4.99 Å². The number of nitrogens with zero attached hydrogens (tertiary/aromatic N) is 1. The minimum atomic E-state index is 0. The SMILES string of the molecule is CC1=NC2=CC=CC2=C1.Cc1ccc(C2[C]([Zr+2])=Cc3ccccc32)o1.[Cl-].[Cl-]. The zero-order valence-corrected chi connectivity index (χ0v) is 19.0. The van der Waals surface area contributed by atoms with Gasteiger partial charge >= 0.3 is 110 Å². The van der Waals surface area contributed by atoms with E-state index in [0.29, 0.717) is 5.92 Å². The predicted octanol–water partition coefficient (Wildman–Crippen LogP) is -0.530. The van der Waals surface area contributed by atoms with Gasteiger partial charge in [0, 0.05) is 11.3 Å². The summed E-state index contributed by atoms with van der Waals surface area (Å²) in [5.41, 5.74) is 6.21. The number of rotatable bonds is 1. The Bertz CT molecular complexity index is 995. The quantitative estimate of drug-likeness (QED) is 0.546. The van der Waals surface area contributed by atoms with Gasteiger partial charge in [0.1, 0.15) is 0 Å². The molecule has 0 saturated carbocycles. The summed E-state index contributed by atoms with van der Waals surface area (Å²) in [6.07, 6.45) is 10.5. The Labute approximate surface area is 187 Å². The molecule has 0 N–H and O–H groups in total. The zero-order valence-electron chi connectivity index (χ0n) is 15.0. The fourth-order valence-corrected chi connectivity index (χ4v) is 4.45. The molecule has 1 unspecified atom stereocenters. The molecule has 0 bridgehead atoms. The number of hydrogen-bond acceptors (Lipinski definition) is 2. The minimum Gasteiger partial charge on any atom is -1.00 e. The zero-order chi connectivity index (χ0) is 17.4. The van der Waals surface area contributed by atoms with Crippen molar-refractivity contribution in [2.24, 2.45) is 4.99 Å². The van der Waals surface area contributed by atoms with E-state index in [1.807, 2.05) is 32.1 Å². The van der Waals surface area contributed by atoms with Crippen LogP contribution in [0.15, 0.2) is 84.7 Å². The molecule has 0 spiro atoms. The number of aliphatic imine (C=N–C) groups is 1. The molecule has 2 aromatic rings. The van der Waals surface area contributed by atoms with Gasteiger partial charge in [0.05, 0.1) is 5.70 Å². The average molecular weight is 475 g/mol. The summed E-state index contributed by atoms with van der Waals surface area (Å²) >= 11 is 1.47. The molecule has 0 saturated heterocycles. The molecule has 0 radical (unpaired) electrons. The van der Waals surface area contributed by atoms with Crippen LogP contribution in [0.25, 0.3) is 6.08 Å². The van der Waals surface area contributed by atoms with E-state index in [-0.39, 0.29) is 24.8 Å². The molecule has 1 aromatic carbocycles. The van der Waals surface area contributed by atoms with Gasteiger partial charge in [0.2, 0.25) is 0 Å². The van der Waals surface area contributed by atoms with Gasteiger partial charge < -0.3 is 24.8 Å². The molecule has 0 fully saturated rings. The van der Waals surface area contributed by atoms with Gasteiger partial charge in [-0.15, -0.1) is 0 Å². The largest absolute Gasteiger partial charge is 1.00 e. The Morgan fingerprint density at radius 2 is 1.78 bits per heavy atom. The summed E-state index contributed by atoms with van der Waals surface area (Å²) in [5, 5.41) is 0. The van der Waals surface area contributed by atoms with Crippen LogP contribution in [0.5, 0.6) is 0 Å². The topological polar surface area (TPSA) is 25.5 Å². The van der Waals surface area contributed by atoms with Crippen molar-refractivity contribution >= 4 is 11.8 Å². The second-order valence-corrected chi connectivity index (χ2v) is 7.79. The Morgan fingerprint density at radius 1 is 1.00 bits per heavy atom. The summed E-state index contributed by atoms with van der Waals surface area (Å²) in [5.74, 6) is 2.41. The Morgan fingerprint density at radius 3 is 2.48 bits per heavy atom. The van der Waals surface area contributed by atoms with Crippen molar-refractivity contribution in [2.45, 2.75) is 19.8 Å². The number of hydrogen-bond donors (Lipinski definition) is 0. The molecule has 2 heterocycles. The Kier molecular flexibility index (Phi) is 7.45. The van der Waals surface area contributed by atoms with E-state index in [9.17, 15) is 0 Å². The third-order valence-electron chi connectivity index (χ3n) is 4.46. The number of furan rings is 1. The van der Waals surface area contributed by atoms with Crippen molar-refractivity contribution in [2.75, 3.05) is 0 Å². The molecule has 2 nitrogen and oxygen atoms in total. The van der Waals surface area contributed by atoms with Gasteiger partial charge in [0.15, 0.2) is 0 Å². The van der Waals surface area contributed by atoms with Crippen molar-refractivity contribution in [3.05, 3.63) is 97.9 Å². The number of fused-ring (bicyclic) bond motifs is 2. The van der Waals surface area contributed by atoms with Crippen LogP contribution in [0.3, 0.4) is 0 Å². The second-order valence-electron chi connectivity index (χ2n) is 6.37. The molecular weight excluding hydrogens is 456 g/mol. The third kappa shape index (κ3) is 4.54. The van der Waals surface area contributed by atoms with E-state index in [1.165, 1.54) is 44.7 Å². The van der Waals surface area contributed by atoms with Gasteiger partial charge in [-0.05, 0) is 19.1 Å². The maximum Gasteiger partial charge on any atom is -1.00 e. The summed E-state index contributed by atoms with van der Waals surface area (Å²) < 4.78 is 7.22. The van der Waals surface area contributed by atoms with Crippen LogP contribution in [0.4, 0.5) is 0 Å². The fraction of sp³-hybridized carbons (Fsp3) is 0.136. The van der Waals surface area contributed by atoms with Crippen LogP contribution >= 0.6 is 0 Å². The van der Waals surface area contributed by atoms with E-state index in [2.05, 4.69) is 53.6 Å². The second kappa shape index (κ2) is 9.19. The van der Waals surface area contributed by atoms with E-state index in [4.69, 9.17) is 4.42 Å². The number of allylic oxidation sites excluding steroid dienone is 5. The van der Waals surface area contributed by atoms with Gasteiger partial charge in [-0.2, -0.15) is 0 Å². The molecule has 2 aliphatic carbocycles. The van der Waals surface area contributed by atoms with Crippen LogP contribution in [0.2, 0.25) is 0 Å². The first-order valence-corrected chi connectivity index (χ1v) is 9.59. The van der Waals surface area contributed by atoms with Crippen LogP contribution < -0.4 is 24.8 Å². The summed E-state index contributed by atoms with van der Waals surface area (Å²) in [6, 6.07) is 12.7. The fourth-order valence-electron chi connectivity index (χ4n) is 3.33. The van der Waals surface area contributed by atoms with E-state index in [0.717, 1.165) is 22.9 Å². The van der Waals surface area contributed by atoms with Crippen LogP contribution in [0.1, 0.15) is 35.5 Å². The maximum atomic E-state index is 5.77. The van der Waals surface area contributed by atoms with Crippen LogP contribution in [0, 0.1) is 6.92 Å². The number of halogens is 2. The molecule has 3 aliphatic rings. The molecule has 5 rings (SSSR count). The maximum absolute atomic E-state index is 5.77. The molecule has 5 heteroatoms.